The summed E-state index contributed by atoms with van der Waals surface area (Å²) in [4.78, 5) is 22.3. The zero-order chi connectivity index (χ0) is 13.1. The Labute approximate surface area is 107 Å². The van der Waals surface area contributed by atoms with Crippen molar-refractivity contribution in [2.45, 2.75) is 20.8 Å². The summed E-state index contributed by atoms with van der Waals surface area (Å²) in [5.41, 5.74) is 0.997. The summed E-state index contributed by atoms with van der Waals surface area (Å²) >= 11 is 0. The van der Waals surface area contributed by atoms with Gasteiger partial charge in [0.2, 0.25) is 5.91 Å². The predicted molar refractivity (Wildman–Crippen MR) is 70.9 cm³/mol. The molecule has 0 aromatic carbocycles. The summed E-state index contributed by atoms with van der Waals surface area (Å²) in [6.45, 7) is 8.52. The van der Waals surface area contributed by atoms with Crippen LogP contribution in [-0.2, 0) is 4.79 Å². The maximum Gasteiger partial charge on any atom is 0.239 e. The van der Waals surface area contributed by atoms with Gasteiger partial charge in [0.25, 0.3) is 0 Å². The number of carbonyl (C=O) groups excluding carboxylic acids is 1. The highest BCUT2D eigenvalue weighted by Crippen LogP contribution is 2.23. The first-order chi connectivity index (χ1) is 8.61. The minimum atomic E-state index is 0.0434. The van der Waals surface area contributed by atoms with E-state index >= 15 is 0 Å². The van der Waals surface area contributed by atoms with Crippen molar-refractivity contribution in [3.05, 3.63) is 11.4 Å². The number of nitrogens with zero attached hydrogens (tertiary/aromatic N) is 3. The van der Waals surface area contributed by atoms with E-state index in [2.05, 4.69) is 20.6 Å². The molecule has 1 aliphatic rings. The largest absolute Gasteiger partial charge is 0.370 e. The van der Waals surface area contributed by atoms with Gasteiger partial charge in [-0.25, -0.2) is 9.97 Å². The second-order valence-electron chi connectivity index (χ2n) is 4.37. The maximum atomic E-state index is 11.4. The van der Waals surface area contributed by atoms with Crippen LogP contribution in [0.3, 0.4) is 0 Å². The molecule has 6 heteroatoms. The van der Waals surface area contributed by atoms with E-state index in [1.807, 2.05) is 25.7 Å². The first-order valence-electron chi connectivity index (χ1n) is 6.22. The summed E-state index contributed by atoms with van der Waals surface area (Å²) in [5, 5.41) is 6.04. The van der Waals surface area contributed by atoms with Crippen molar-refractivity contribution < 1.29 is 4.79 Å². The predicted octanol–water partition coefficient (Wildman–Crippen LogP) is 0.461. The van der Waals surface area contributed by atoms with Crippen LogP contribution in [0.2, 0.25) is 0 Å². The third-order valence-electron chi connectivity index (χ3n) is 2.91. The van der Waals surface area contributed by atoms with Crippen molar-refractivity contribution in [3.63, 3.8) is 0 Å². The van der Waals surface area contributed by atoms with Gasteiger partial charge in [-0.1, -0.05) is 0 Å². The molecule has 1 aliphatic heterocycles. The van der Waals surface area contributed by atoms with Gasteiger partial charge in [-0.15, -0.1) is 0 Å². The third kappa shape index (κ3) is 2.52. The minimum absolute atomic E-state index is 0.0434. The Hall–Kier alpha value is -1.85. The molecule has 0 spiro atoms. The molecule has 0 unspecified atom stereocenters. The number of piperazine rings is 1. The second kappa shape index (κ2) is 5.20. The summed E-state index contributed by atoms with van der Waals surface area (Å²) in [7, 11) is 0. The molecular formula is C12H19N5O. The van der Waals surface area contributed by atoms with Crippen LogP contribution in [-0.4, -0.2) is 42.1 Å². The molecule has 6 nitrogen and oxygen atoms in total. The normalized spacial score (nSPS) is 15.5. The molecule has 0 atom stereocenters. The topological polar surface area (TPSA) is 70.2 Å². The Bertz CT molecular complexity index is 460. The van der Waals surface area contributed by atoms with Crippen LogP contribution in [0.5, 0.6) is 0 Å². The van der Waals surface area contributed by atoms with Gasteiger partial charge in [0, 0.05) is 25.2 Å². The smallest absolute Gasteiger partial charge is 0.239 e. The molecule has 1 aromatic rings. The second-order valence-corrected chi connectivity index (χ2v) is 4.37. The number of hydrogen-bond donors (Lipinski definition) is 2. The first-order valence-corrected chi connectivity index (χ1v) is 6.22. The minimum Gasteiger partial charge on any atom is -0.370 e. The molecule has 0 bridgehead atoms. The monoisotopic (exact) mass is 249 g/mol. The maximum absolute atomic E-state index is 11.4. The molecule has 1 saturated heterocycles. The number of rotatable bonds is 3. The van der Waals surface area contributed by atoms with Crippen molar-refractivity contribution in [1.82, 2.24) is 15.3 Å². The summed E-state index contributed by atoms with van der Waals surface area (Å²) in [5.74, 6) is 2.47. The summed E-state index contributed by atoms with van der Waals surface area (Å²) in [6, 6.07) is 0. The van der Waals surface area contributed by atoms with Gasteiger partial charge in [-0.3, -0.25) is 4.79 Å². The van der Waals surface area contributed by atoms with Crippen LogP contribution in [0.1, 0.15) is 18.3 Å². The third-order valence-corrected chi connectivity index (χ3v) is 2.91. The number of carbonyl (C=O) groups is 1. The Morgan fingerprint density at radius 1 is 1.39 bits per heavy atom. The van der Waals surface area contributed by atoms with Crippen LogP contribution in [0, 0.1) is 13.8 Å². The van der Waals surface area contributed by atoms with E-state index in [1.54, 1.807) is 0 Å². The van der Waals surface area contributed by atoms with E-state index in [0.717, 1.165) is 36.1 Å². The molecule has 2 rings (SSSR count). The molecule has 1 aromatic heterocycles. The summed E-state index contributed by atoms with van der Waals surface area (Å²) in [6.07, 6.45) is 0. The molecular weight excluding hydrogens is 230 g/mol. The molecule has 0 aliphatic carbocycles. The van der Waals surface area contributed by atoms with Crippen molar-refractivity contribution in [2.75, 3.05) is 36.4 Å². The molecule has 2 N–H and O–H groups in total. The molecule has 0 radical (unpaired) electrons. The average molecular weight is 249 g/mol. The molecule has 0 saturated carbocycles. The highest BCUT2D eigenvalue weighted by atomic mass is 16.2. The number of amides is 1. The van der Waals surface area contributed by atoms with Crippen molar-refractivity contribution >= 4 is 17.5 Å². The fourth-order valence-electron chi connectivity index (χ4n) is 2.08. The van der Waals surface area contributed by atoms with Gasteiger partial charge in [0.1, 0.15) is 17.5 Å². The van der Waals surface area contributed by atoms with E-state index in [9.17, 15) is 4.79 Å². The van der Waals surface area contributed by atoms with E-state index in [4.69, 9.17) is 0 Å². The zero-order valence-electron chi connectivity index (χ0n) is 11.1. The summed E-state index contributed by atoms with van der Waals surface area (Å²) < 4.78 is 0. The SMILES string of the molecule is CCNc1nc(C)nc(N2CCNC(=O)C2)c1C. The van der Waals surface area contributed by atoms with E-state index in [-0.39, 0.29) is 5.91 Å². The highest BCUT2D eigenvalue weighted by Gasteiger charge is 2.21. The Morgan fingerprint density at radius 2 is 2.17 bits per heavy atom. The molecule has 18 heavy (non-hydrogen) atoms. The average Bonchev–Trinajstić information content (AvgIpc) is 2.33. The Morgan fingerprint density at radius 3 is 2.83 bits per heavy atom. The van der Waals surface area contributed by atoms with Gasteiger partial charge < -0.3 is 15.5 Å². The molecule has 1 fully saturated rings. The van der Waals surface area contributed by atoms with Crippen LogP contribution in [0.15, 0.2) is 0 Å². The lowest BCUT2D eigenvalue weighted by Gasteiger charge is -2.29. The van der Waals surface area contributed by atoms with Crippen molar-refractivity contribution in [1.29, 1.82) is 0 Å². The lowest BCUT2D eigenvalue weighted by Crippen LogP contribution is -2.48. The molecule has 98 valence electrons. The molecule has 1 amide bonds. The number of nitrogens with one attached hydrogen (secondary N) is 2. The number of aryl methyl sites for hydroxylation is 1. The van der Waals surface area contributed by atoms with Gasteiger partial charge in [0.05, 0.1) is 6.54 Å². The van der Waals surface area contributed by atoms with Crippen LogP contribution in [0.25, 0.3) is 0 Å². The van der Waals surface area contributed by atoms with Gasteiger partial charge in [0.15, 0.2) is 0 Å². The van der Waals surface area contributed by atoms with E-state index < -0.39 is 0 Å². The van der Waals surface area contributed by atoms with Crippen molar-refractivity contribution in [3.8, 4) is 0 Å². The number of aromatic nitrogens is 2. The lowest BCUT2D eigenvalue weighted by atomic mass is 10.2. The van der Waals surface area contributed by atoms with Crippen LogP contribution >= 0.6 is 0 Å². The van der Waals surface area contributed by atoms with Gasteiger partial charge in [-0.2, -0.15) is 0 Å². The van der Waals surface area contributed by atoms with Gasteiger partial charge in [-0.05, 0) is 20.8 Å². The van der Waals surface area contributed by atoms with Crippen molar-refractivity contribution in [2.24, 2.45) is 0 Å². The van der Waals surface area contributed by atoms with Crippen LogP contribution in [0.4, 0.5) is 11.6 Å². The number of hydrogen-bond acceptors (Lipinski definition) is 5. The molecule has 2 heterocycles. The fraction of sp³-hybridized carbons (Fsp3) is 0.583. The number of anilines is 2. The Balaban J connectivity index is 2.34. The lowest BCUT2D eigenvalue weighted by molar-refractivity contribution is -0.120. The fourth-order valence-corrected chi connectivity index (χ4v) is 2.08. The standard InChI is InChI=1S/C12H19N5O/c1-4-13-11-8(2)12(16-9(3)15-11)17-6-5-14-10(18)7-17/h4-7H2,1-3H3,(H,14,18)(H,13,15,16). The van der Waals surface area contributed by atoms with E-state index in [0.29, 0.717) is 13.1 Å². The first kappa shape index (κ1) is 12.6. The quantitative estimate of drug-likeness (QED) is 0.814. The Kier molecular flexibility index (Phi) is 3.64. The van der Waals surface area contributed by atoms with Gasteiger partial charge >= 0.3 is 0 Å². The van der Waals surface area contributed by atoms with Crippen LogP contribution < -0.4 is 15.5 Å². The zero-order valence-corrected chi connectivity index (χ0v) is 11.1. The van der Waals surface area contributed by atoms with E-state index in [1.165, 1.54) is 0 Å². The highest BCUT2D eigenvalue weighted by molar-refractivity contribution is 5.82.